The summed E-state index contributed by atoms with van der Waals surface area (Å²) < 4.78 is 0. The number of nitrogens with zero attached hydrogens (tertiary/aromatic N) is 2. The average molecular weight is 551 g/mol. The molecule has 0 fully saturated rings. The Morgan fingerprint density at radius 3 is 2.50 bits per heavy atom. The van der Waals surface area contributed by atoms with E-state index in [1.54, 1.807) is 6.07 Å². The van der Waals surface area contributed by atoms with Crippen molar-refractivity contribution in [2.75, 3.05) is 19.6 Å². The molecule has 0 atom stereocenters. The van der Waals surface area contributed by atoms with Crippen LogP contribution in [0.15, 0.2) is 66.9 Å². The molecule has 1 amide bonds. The summed E-state index contributed by atoms with van der Waals surface area (Å²) in [6.07, 6.45) is 4.97. The molecule has 1 aromatic heterocycles. The van der Waals surface area contributed by atoms with Crippen LogP contribution in [-0.2, 0) is 24.3 Å². The number of carbonyl (C=O) groups excluding carboxylic acids is 1. The van der Waals surface area contributed by atoms with Gasteiger partial charge in [-0.3, -0.25) is 9.69 Å². The van der Waals surface area contributed by atoms with Crippen LogP contribution in [-0.4, -0.2) is 40.3 Å². The van der Waals surface area contributed by atoms with Crippen molar-refractivity contribution in [2.24, 2.45) is 0 Å². The topological polar surface area (TPSA) is 39.3 Å². The highest BCUT2D eigenvalue weighted by molar-refractivity contribution is 6.42. The molecule has 0 aliphatic carbocycles. The zero-order chi connectivity index (χ0) is 27.1. The quantitative estimate of drug-likeness (QED) is 0.194. The van der Waals surface area contributed by atoms with Crippen molar-refractivity contribution in [3.63, 3.8) is 0 Å². The minimum atomic E-state index is 0.123. The van der Waals surface area contributed by atoms with E-state index in [2.05, 4.69) is 73.3 Å². The number of benzene rings is 3. The maximum atomic E-state index is 13.9. The Kier molecular flexibility index (Phi) is 9.90. The van der Waals surface area contributed by atoms with Crippen molar-refractivity contribution in [3.8, 4) is 0 Å². The van der Waals surface area contributed by atoms with Gasteiger partial charge in [-0.15, -0.1) is 0 Å². The first-order valence-corrected chi connectivity index (χ1v) is 14.1. The number of carbonyl (C=O) groups is 1. The summed E-state index contributed by atoms with van der Waals surface area (Å²) >= 11 is 12.5. The Balaban J connectivity index is 1.54. The monoisotopic (exact) mass is 549 g/mol. The molecule has 4 rings (SSSR count). The fourth-order valence-corrected chi connectivity index (χ4v) is 5.16. The highest BCUT2D eigenvalue weighted by atomic mass is 35.5. The van der Waals surface area contributed by atoms with E-state index in [4.69, 9.17) is 23.2 Å². The molecule has 1 heterocycles. The van der Waals surface area contributed by atoms with Gasteiger partial charge in [0.25, 0.3) is 0 Å². The molecule has 0 aliphatic heterocycles. The smallest absolute Gasteiger partial charge is 0.237 e. The molecular weight excluding hydrogens is 513 g/mol. The van der Waals surface area contributed by atoms with Crippen LogP contribution in [0.4, 0.5) is 0 Å². The molecule has 0 spiro atoms. The Morgan fingerprint density at radius 1 is 0.895 bits per heavy atom. The molecular formula is C32H37Cl2N3O. The number of nitrogens with one attached hydrogen (secondary N) is 1. The van der Waals surface area contributed by atoms with E-state index < -0.39 is 0 Å². The summed E-state index contributed by atoms with van der Waals surface area (Å²) in [5.74, 6) is 0.123. The number of unbranched alkanes of at least 4 members (excludes halogenated alkanes) is 1. The van der Waals surface area contributed by atoms with Crippen LogP contribution in [0.1, 0.15) is 47.6 Å². The van der Waals surface area contributed by atoms with Crippen molar-refractivity contribution in [3.05, 3.63) is 105 Å². The molecule has 0 radical (unpaired) electrons. The van der Waals surface area contributed by atoms with Gasteiger partial charge in [0, 0.05) is 36.7 Å². The van der Waals surface area contributed by atoms with Crippen LogP contribution in [0.2, 0.25) is 10.0 Å². The normalized spacial score (nSPS) is 11.4. The van der Waals surface area contributed by atoms with Crippen LogP contribution >= 0.6 is 23.2 Å². The number of amides is 1. The fraction of sp³-hybridized carbons (Fsp3) is 0.344. The van der Waals surface area contributed by atoms with Gasteiger partial charge in [0.05, 0.1) is 16.6 Å². The fourth-order valence-electron chi connectivity index (χ4n) is 4.84. The van der Waals surface area contributed by atoms with Crippen LogP contribution < -0.4 is 0 Å². The van der Waals surface area contributed by atoms with Gasteiger partial charge in [-0.2, -0.15) is 0 Å². The second-order valence-corrected chi connectivity index (χ2v) is 11.0. The first kappa shape index (κ1) is 28.2. The van der Waals surface area contributed by atoms with E-state index in [-0.39, 0.29) is 5.91 Å². The summed E-state index contributed by atoms with van der Waals surface area (Å²) in [4.78, 5) is 21.5. The van der Waals surface area contributed by atoms with Crippen LogP contribution in [0.3, 0.4) is 0 Å². The molecule has 3 aromatic carbocycles. The lowest BCUT2D eigenvalue weighted by Gasteiger charge is -2.28. The maximum Gasteiger partial charge on any atom is 0.237 e. The summed E-state index contributed by atoms with van der Waals surface area (Å²) in [6, 6.07) is 20.5. The Morgan fingerprint density at radius 2 is 1.71 bits per heavy atom. The van der Waals surface area contributed by atoms with Crippen molar-refractivity contribution < 1.29 is 4.79 Å². The first-order valence-electron chi connectivity index (χ1n) is 13.4. The number of fused-ring (bicyclic) bond motifs is 1. The molecule has 4 aromatic rings. The van der Waals surface area contributed by atoms with Gasteiger partial charge in [0.2, 0.25) is 5.91 Å². The number of hydrogen-bond acceptors (Lipinski definition) is 2. The third-order valence-corrected chi connectivity index (χ3v) is 7.86. The number of aromatic amines is 1. The summed E-state index contributed by atoms with van der Waals surface area (Å²) in [6.45, 7) is 9.59. The number of aryl methyl sites for hydroxylation is 2. The minimum absolute atomic E-state index is 0.123. The number of H-pyrrole nitrogens is 1. The van der Waals surface area contributed by atoms with Gasteiger partial charge in [0.1, 0.15) is 0 Å². The number of halogens is 2. The standard InChI is InChI=1S/C32H37Cl2N3O/c1-4-5-15-36(21-27-17-23(2)10-11-24(27)3)22-32(38)37(20-25-12-13-29(33)30(34)18-25)16-14-26-19-35-31-9-7-6-8-28(26)31/h6-13,17-19,35H,4-5,14-16,20-22H2,1-3H3. The van der Waals surface area contributed by atoms with Crippen LogP contribution in [0, 0.1) is 13.8 Å². The lowest BCUT2D eigenvalue weighted by Crippen LogP contribution is -2.41. The Labute approximate surface area is 236 Å². The summed E-state index contributed by atoms with van der Waals surface area (Å²) in [7, 11) is 0. The molecule has 0 saturated carbocycles. The number of hydrogen-bond donors (Lipinski definition) is 1. The van der Waals surface area contributed by atoms with E-state index in [9.17, 15) is 4.79 Å². The first-order chi connectivity index (χ1) is 18.3. The molecule has 6 heteroatoms. The van der Waals surface area contributed by atoms with E-state index in [1.807, 2.05) is 23.1 Å². The minimum Gasteiger partial charge on any atom is -0.361 e. The third-order valence-electron chi connectivity index (χ3n) is 7.12. The zero-order valence-corrected chi connectivity index (χ0v) is 24.1. The number of aromatic nitrogens is 1. The van der Waals surface area contributed by atoms with E-state index in [1.165, 1.54) is 27.6 Å². The van der Waals surface area contributed by atoms with Crippen molar-refractivity contribution in [1.82, 2.24) is 14.8 Å². The van der Waals surface area contributed by atoms with Gasteiger partial charge in [0.15, 0.2) is 0 Å². The van der Waals surface area contributed by atoms with E-state index in [0.29, 0.717) is 29.7 Å². The zero-order valence-electron chi connectivity index (χ0n) is 22.6. The van der Waals surface area contributed by atoms with E-state index in [0.717, 1.165) is 43.4 Å². The third kappa shape index (κ3) is 7.41. The Bertz CT molecular complexity index is 1380. The SMILES string of the molecule is CCCCN(CC(=O)N(CCc1c[nH]c2ccccc12)Cc1ccc(Cl)c(Cl)c1)Cc1cc(C)ccc1C. The molecule has 0 saturated heterocycles. The molecule has 4 nitrogen and oxygen atoms in total. The van der Waals surface area contributed by atoms with Crippen LogP contribution in [0.25, 0.3) is 10.9 Å². The van der Waals surface area contributed by atoms with E-state index >= 15 is 0 Å². The van der Waals surface area contributed by atoms with Crippen molar-refractivity contribution in [1.29, 1.82) is 0 Å². The average Bonchev–Trinajstić information content (AvgIpc) is 3.32. The van der Waals surface area contributed by atoms with Crippen molar-refractivity contribution >= 4 is 40.0 Å². The van der Waals surface area contributed by atoms with Crippen molar-refractivity contribution in [2.45, 2.75) is 53.1 Å². The predicted molar refractivity (Wildman–Crippen MR) is 160 cm³/mol. The molecule has 1 N–H and O–H groups in total. The highest BCUT2D eigenvalue weighted by Gasteiger charge is 2.20. The molecule has 0 bridgehead atoms. The summed E-state index contributed by atoms with van der Waals surface area (Å²) in [5, 5.41) is 2.23. The maximum absolute atomic E-state index is 13.9. The molecule has 200 valence electrons. The predicted octanol–water partition coefficient (Wildman–Crippen LogP) is 7.97. The van der Waals surface area contributed by atoms with Crippen LogP contribution in [0.5, 0.6) is 0 Å². The largest absolute Gasteiger partial charge is 0.361 e. The van der Waals surface area contributed by atoms with Gasteiger partial charge in [-0.05, 0) is 73.7 Å². The van der Waals surface area contributed by atoms with Gasteiger partial charge in [-0.25, -0.2) is 0 Å². The second-order valence-electron chi connectivity index (χ2n) is 10.2. The molecule has 38 heavy (non-hydrogen) atoms. The second kappa shape index (κ2) is 13.3. The highest BCUT2D eigenvalue weighted by Crippen LogP contribution is 2.24. The number of rotatable bonds is 12. The summed E-state index contributed by atoms with van der Waals surface area (Å²) in [5.41, 5.74) is 7.09. The lowest BCUT2D eigenvalue weighted by atomic mass is 10.0. The lowest BCUT2D eigenvalue weighted by molar-refractivity contribution is -0.133. The Hall–Kier alpha value is -2.79. The molecule has 0 aliphatic rings. The van der Waals surface area contributed by atoms with Gasteiger partial charge < -0.3 is 9.88 Å². The van der Waals surface area contributed by atoms with Gasteiger partial charge in [-0.1, -0.05) is 84.6 Å². The number of para-hydroxylation sites is 1. The molecule has 0 unspecified atom stereocenters. The van der Waals surface area contributed by atoms with Gasteiger partial charge >= 0.3 is 0 Å².